The van der Waals surface area contributed by atoms with Gasteiger partial charge in [0.2, 0.25) is 0 Å². The van der Waals surface area contributed by atoms with Crippen LogP contribution >= 0.6 is 11.6 Å². The van der Waals surface area contributed by atoms with Crippen molar-refractivity contribution >= 4 is 21.4 Å². The minimum atomic E-state index is -3.20. The first-order chi connectivity index (χ1) is 8.42. The molecule has 0 amide bonds. The number of rotatable bonds is 7. The first-order valence-electron chi connectivity index (χ1n) is 6.11. The lowest BCUT2D eigenvalue weighted by atomic mass is 10.1. The van der Waals surface area contributed by atoms with E-state index in [0.717, 1.165) is 13.0 Å². The van der Waals surface area contributed by atoms with Crippen molar-refractivity contribution in [1.29, 1.82) is 0 Å². The summed E-state index contributed by atoms with van der Waals surface area (Å²) in [6.45, 7) is 5.63. The minimum Gasteiger partial charge on any atom is -0.316 e. The standard InChI is InChI=1S/C13H20ClNO2S/c1-11(2)7-8-15-9-10-18(16,17)13-5-3-12(14)4-6-13/h3-6,11,15H,7-10H2,1-2H3. The third kappa shape index (κ3) is 5.38. The van der Waals surface area contributed by atoms with Gasteiger partial charge in [0.1, 0.15) is 0 Å². The lowest BCUT2D eigenvalue weighted by Gasteiger charge is -2.08. The molecular formula is C13H20ClNO2S. The highest BCUT2D eigenvalue weighted by molar-refractivity contribution is 7.91. The van der Waals surface area contributed by atoms with Gasteiger partial charge in [0.15, 0.2) is 9.84 Å². The van der Waals surface area contributed by atoms with Gasteiger partial charge in [0.05, 0.1) is 10.6 Å². The molecule has 1 aromatic rings. The number of hydrogen-bond donors (Lipinski definition) is 1. The average molecular weight is 290 g/mol. The Morgan fingerprint density at radius 2 is 1.78 bits per heavy atom. The van der Waals surface area contributed by atoms with Crippen molar-refractivity contribution in [3.63, 3.8) is 0 Å². The molecule has 0 aliphatic carbocycles. The van der Waals surface area contributed by atoms with Gasteiger partial charge in [0.25, 0.3) is 0 Å². The van der Waals surface area contributed by atoms with Crippen LogP contribution in [0.1, 0.15) is 20.3 Å². The number of benzene rings is 1. The Hall–Kier alpha value is -0.580. The molecule has 0 unspecified atom stereocenters. The molecule has 0 heterocycles. The maximum atomic E-state index is 12.0. The van der Waals surface area contributed by atoms with E-state index in [1.807, 2.05) is 0 Å². The van der Waals surface area contributed by atoms with Crippen LogP contribution in [-0.2, 0) is 9.84 Å². The molecule has 0 saturated heterocycles. The van der Waals surface area contributed by atoms with Crippen LogP contribution in [0.3, 0.4) is 0 Å². The molecule has 0 aliphatic heterocycles. The molecule has 1 N–H and O–H groups in total. The Labute approximate surface area is 114 Å². The molecule has 1 rings (SSSR count). The highest BCUT2D eigenvalue weighted by Gasteiger charge is 2.13. The summed E-state index contributed by atoms with van der Waals surface area (Å²) >= 11 is 5.73. The van der Waals surface area contributed by atoms with Crippen LogP contribution in [0.4, 0.5) is 0 Å². The van der Waals surface area contributed by atoms with E-state index < -0.39 is 9.84 Å². The van der Waals surface area contributed by atoms with Crippen LogP contribution in [0.25, 0.3) is 0 Å². The van der Waals surface area contributed by atoms with E-state index in [9.17, 15) is 8.42 Å². The molecule has 0 radical (unpaired) electrons. The maximum absolute atomic E-state index is 12.0. The average Bonchev–Trinajstić information content (AvgIpc) is 2.28. The van der Waals surface area contributed by atoms with Crippen molar-refractivity contribution in [1.82, 2.24) is 5.32 Å². The minimum absolute atomic E-state index is 0.118. The number of hydrogen-bond acceptors (Lipinski definition) is 3. The second-order valence-corrected chi connectivity index (χ2v) is 7.25. The first-order valence-corrected chi connectivity index (χ1v) is 8.14. The first kappa shape index (κ1) is 15.5. The van der Waals surface area contributed by atoms with Gasteiger partial charge in [0, 0.05) is 11.6 Å². The fraction of sp³-hybridized carbons (Fsp3) is 0.538. The van der Waals surface area contributed by atoms with E-state index in [4.69, 9.17) is 11.6 Å². The zero-order chi connectivity index (χ0) is 13.6. The van der Waals surface area contributed by atoms with Crippen molar-refractivity contribution < 1.29 is 8.42 Å². The summed E-state index contributed by atoms with van der Waals surface area (Å²) < 4.78 is 23.9. The third-order valence-corrected chi connectivity index (χ3v) is 4.60. The summed E-state index contributed by atoms with van der Waals surface area (Å²) in [5, 5.41) is 3.69. The molecule has 3 nitrogen and oxygen atoms in total. The fourth-order valence-electron chi connectivity index (χ4n) is 1.48. The smallest absolute Gasteiger partial charge is 0.179 e. The van der Waals surface area contributed by atoms with Gasteiger partial charge in [-0.15, -0.1) is 0 Å². The normalized spacial score (nSPS) is 12.0. The molecule has 102 valence electrons. The van der Waals surface area contributed by atoms with E-state index in [0.29, 0.717) is 22.4 Å². The Bertz CT molecular complexity index is 454. The zero-order valence-corrected chi connectivity index (χ0v) is 12.4. The van der Waals surface area contributed by atoms with Crippen LogP contribution in [0.5, 0.6) is 0 Å². The molecule has 0 atom stereocenters. The van der Waals surface area contributed by atoms with Crippen molar-refractivity contribution in [2.75, 3.05) is 18.8 Å². The molecule has 0 aromatic heterocycles. The van der Waals surface area contributed by atoms with Crippen molar-refractivity contribution in [3.8, 4) is 0 Å². The monoisotopic (exact) mass is 289 g/mol. The number of nitrogens with one attached hydrogen (secondary N) is 1. The summed E-state index contributed by atoms with van der Waals surface area (Å²) in [5.41, 5.74) is 0. The molecule has 18 heavy (non-hydrogen) atoms. The summed E-state index contributed by atoms with van der Waals surface area (Å²) in [4.78, 5) is 0.331. The van der Waals surface area contributed by atoms with Gasteiger partial charge in [-0.3, -0.25) is 0 Å². The summed E-state index contributed by atoms with van der Waals surface area (Å²) in [5.74, 6) is 0.748. The van der Waals surface area contributed by atoms with Crippen LogP contribution in [-0.4, -0.2) is 27.3 Å². The summed E-state index contributed by atoms with van der Waals surface area (Å²) in [6, 6.07) is 6.29. The molecular weight excluding hydrogens is 270 g/mol. The van der Waals surface area contributed by atoms with Gasteiger partial charge < -0.3 is 5.32 Å². The Kier molecular flexibility index (Phi) is 6.12. The topological polar surface area (TPSA) is 46.2 Å². The van der Waals surface area contributed by atoms with E-state index >= 15 is 0 Å². The zero-order valence-electron chi connectivity index (χ0n) is 10.8. The molecule has 0 bridgehead atoms. The van der Waals surface area contributed by atoms with Crippen molar-refractivity contribution in [3.05, 3.63) is 29.3 Å². The van der Waals surface area contributed by atoms with Crippen LogP contribution < -0.4 is 5.32 Å². The Morgan fingerprint density at radius 1 is 1.17 bits per heavy atom. The number of halogens is 1. The molecule has 0 spiro atoms. The van der Waals surface area contributed by atoms with E-state index in [-0.39, 0.29) is 5.75 Å². The summed E-state index contributed by atoms with van der Waals surface area (Å²) in [6.07, 6.45) is 1.06. The Balaban J connectivity index is 2.43. The third-order valence-electron chi connectivity index (χ3n) is 2.62. The molecule has 0 fully saturated rings. The predicted octanol–water partition coefficient (Wildman–Crippen LogP) is 2.75. The summed E-state index contributed by atoms with van der Waals surface area (Å²) in [7, 11) is -3.20. The van der Waals surface area contributed by atoms with Crippen LogP contribution in [0.15, 0.2) is 29.2 Å². The largest absolute Gasteiger partial charge is 0.316 e. The van der Waals surface area contributed by atoms with Gasteiger partial charge >= 0.3 is 0 Å². The van der Waals surface area contributed by atoms with Gasteiger partial charge in [-0.25, -0.2) is 8.42 Å². The van der Waals surface area contributed by atoms with Gasteiger partial charge in [-0.2, -0.15) is 0 Å². The maximum Gasteiger partial charge on any atom is 0.179 e. The molecule has 0 saturated carbocycles. The second kappa shape index (κ2) is 7.12. The van der Waals surface area contributed by atoms with Gasteiger partial charge in [-0.1, -0.05) is 25.4 Å². The predicted molar refractivity (Wildman–Crippen MR) is 75.8 cm³/mol. The van der Waals surface area contributed by atoms with Crippen molar-refractivity contribution in [2.45, 2.75) is 25.2 Å². The lowest BCUT2D eigenvalue weighted by molar-refractivity contribution is 0.543. The van der Waals surface area contributed by atoms with Crippen molar-refractivity contribution in [2.24, 2.45) is 5.92 Å². The molecule has 0 aliphatic rings. The van der Waals surface area contributed by atoms with Crippen LogP contribution in [0, 0.1) is 5.92 Å². The fourth-order valence-corrected chi connectivity index (χ4v) is 2.81. The lowest BCUT2D eigenvalue weighted by Crippen LogP contribution is -2.24. The van der Waals surface area contributed by atoms with E-state index in [1.165, 1.54) is 0 Å². The number of sulfone groups is 1. The second-order valence-electron chi connectivity index (χ2n) is 4.71. The van der Waals surface area contributed by atoms with Gasteiger partial charge in [-0.05, 0) is 43.1 Å². The quantitative estimate of drug-likeness (QED) is 0.785. The van der Waals surface area contributed by atoms with Crippen LogP contribution in [0.2, 0.25) is 5.02 Å². The highest BCUT2D eigenvalue weighted by atomic mass is 35.5. The highest BCUT2D eigenvalue weighted by Crippen LogP contribution is 2.15. The van der Waals surface area contributed by atoms with E-state index in [2.05, 4.69) is 19.2 Å². The molecule has 5 heteroatoms. The SMILES string of the molecule is CC(C)CCNCCS(=O)(=O)c1ccc(Cl)cc1. The van der Waals surface area contributed by atoms with E-state index in [1.54, 1.807) is 24.3 Å². The Morgan fingerprint density at radius 3 is 2.33 bits per heavy atom. The molecule has 1 aromatic carbocycles.